The summed E-state index contributed by atoms with van der Waals surface area (Å²) in [5, 5.41) is 9.46. The zero-order valence-electron chi connectivity index (χ0n) is 15.7. The molecule has 26 heavy (non-hydrogen) atoms. The third-order valence-electron chi connectivity index (χ3n) is 3.95. The van der Waals surface area contributed by atoms with Gasteiger partial charge in [-0.05, 0) is 50.1 Å². The molecule has 0 aliphatic rings. The van der Waals surface area contributed by atoms with Crippen LogP contribution in [-0.2, 0) is 13.1 Å². The van der Waals surface area contributed by atoms with Crippen molar-refractivity contribution in [2.75, 3.05) is 6.54 Å². The Balaban J connectivity index is 1.98. The van der Waals surface area contributed by atoms with E-state index in [0.29, 0.717) is 24.7 Å². The first-order chi connectivity index (χ1) is 12.6. The van der Waals surface area contributed by atoms with Gasteiger partial charge in [-0.25, -0.2) is 4.99 Å². The lowest BCUT2D eigenvalue weighted by Crippen LogP contribution is -2.41. The molecule has 0 aliphatic carbocycles. The smallest absolute Gasteiger partial charge is 0.251 e. The van der Waals surface area contributed by atoms with Crippen molar-refractivity contribution < 1.29 is 9.21 Å². The van der Waals surface area contributed by atoms with Crippen molar-refractivity contribution in [2.24, 2.45) is 4.99 Å². The minimum atomic E-state index is -0.128. The molecule has 1 aromatic carbocycles. The van der Waals surface area contributed by atoms with E-state index in [2.05, 4.69) is 34.8 Å². The highest BCUT2D eigenvalue weighted by molar-refractivity contribution is 5.94. The number of carbonyl (C=O) groups excluding carboxylic acids is 1. The van der Waals surface area contributed by atoms with Crippen molar-refractivity contribution in [3.8, 4) is 0 Å². The van der Waals surface area contributed by atoms with Gasteiger partial charge in [-0.15, -0.1) is 0 Å². The van der Waals surface area contributed by atoms with Crippen molar-refractivity contribution in [1.82, 2.24) is 16.0 Å². The monoisotopic (exact) mass is 356 g/mol. The number of amides is 1. The fraction of sp³-hybridized carbons (Fsp3) is 0.400. The van der Waals surface area contributed by atoms with Crippen LogP contribution in [0.15, 0.2) is 52.1 Å². The number of nitrogens with one attached hydrogen (secondary N) is 3. The van der Waals surface area contributed by atoms with Crippen LogP contribution in [0.3, 0.4) is 0 Å². The summed E-state index contributed by atoms with van der Waals surface area (Å²) in [6.45, 7) is 7.97. The number of furan rings is 1. The minimum absolute atomic E-state index is 0.128. The molecule has 0 saturated heterocycles. The van der Waals surface area contributed by atoms with Gasteiger partial charge in [0, 0.05) is 18.2 Å². The van der Waals surface area contributed by atoms with Gasteiger partial charge in [-0.2, -0.15) is 0 Å². The van der Waals surface area contributed by atoms with Crippen LogP contribution < -0.4 is 16.0 Å². The second-order valence-electron chi connectivity index (χ2n) is 6.11. The SMILES string of the molecule is CCNC(=NCc1cccc(C(=O)NCc2ccco2)c1)NC(C)CC. The van der Waals surface area contributed by atoms with Gasteiger partial charge in [0.25, 0.3) is 5.91 Å². The molecule has 2 rings (SSSR count). The third-order valence-corrected chi connectivity index (χ3v) is 3.95. The summed E-state index contributed by atoms with van der Waals surface area (Å²) in [4.78, 5) is 16.9. The van der Waals surface area contributed by atoms with E-state index in [-0.39, 0.29) is 5.91 Å². The number of benzene rings is 1. The molecule has 1 amide bonds. The molecule has 6 nitrogen and oxygen atoms in total. The first-order valence-electron chi connectivity index (χ1n) is 9.06. The van der Waals surface area contributed by atoms with Gasteiger partial charge in [0.15, 0.2) is 5.96 Å². The summed E-state index contributed by atoms with van der Waals surface area (Å²) in [6, 6.07) is 11.5. The molecule has 2 aromatic rings. The van der Waals surface area contributed by atoms with Gasteiger partial charge in [0.05, 0.1) is 19.4 Å². The second kappa shape index (κ2) is 10.3. The van der Waals surface area contributed by atoms with Gasteiger partial charge in [-0.3, -0.25) is 4.79 Å². The van der Waals surface area contributed by atoms with Crippen LogP contribution in [-0.4, -0.2) is 24.5 Å². The summed E-state index contributed by atoms with van der Waals surface area (Å²) < 4.78 is 5.23. The molecule has 0 fully saturated rings. The molecular weight excluding hydrogens is 328 g/mol. The van der Waals surface area contributed by atoms with Crippen LogP contribution in [0.4, 0.5) is 0 Å². The van der Waals surface area contributed by atoms with Gasteiger partial charge in [-0.1, -0.05) is 19.1 Å². The van der Waals surface area contributed by atoms with E-state index < -0.39 is 0 Å². The number of carbonyl (C=O) groups is 1. The van der Waals surface area contributed by atoms with Gasteiger partial charge >= 0.3 is 0 Å². The highest BCUT2D eigenvalue weighted by Crippen LogP contribution is 2.08. The molecule has 1 heterocycles. The average Bonchev–Trinajstić information content (AvgIpc) is 3.18. The van der Waals surface area contributed by atoms with Gasteiger partial charge < -0.3 is 20.4 Å². The molecule has 0 saturated carbocycles. The van der Waals surface area contributed by atoms with Crippen molar-refractivity contribution in [2.45, 2.75) is 46.3 Å². The van der Waals surface area contributed by atoms with E-state index >= 15 is 0 Å². The molecular formula is C20H28N4O2. The minimum Gasteiger partial charge on any atom is -0.467 e. The molecule has 0 aliphatic heterocycles. The van der Waals surface area contributed by atoms with Crippen LogP contribution in [0.5, 0.6) is 0 Å². The summed E-state index contributed by atoms with van der Waals surface area (Å²) in [5.41, 5.74) is 1.60. The quantitative estimate of drug-likeness (QED) is 0.502. The Bertz CT molecular complexity index is 710. The third kappa shape index (κ3) is 6.27. The predicted octanol–water partition coefficient (Wildman–Crippen LogP) is 3.06. The van der Waals surface area contributed by atoms with E-state index in [1.165, 1.54) is 0 Å². The maximum absolute atomic E-state index is 12.3. The van der Waals surface area contributed by atoms with Crippen molar-refractivity contribution in [1.29, 1.82) is 0 Å². The Morgan fingerprint density at radius 3 is 2.73 bits per heavy atom. The Hall–Kier alpha value is -2.76. The molecule has 6 heteroatoms. The topological polar surface area (TPSA) is 78.7 Å². The largest absolute Gasteiger partial charge is 0.467 e. The fourth-order valence-electron chi connectivity index (χ4n) is 2.32. The number of hydrogen-bond acceptors (Lipinski definition) is 3. The summed E-state index contributed by atoms with van der Waals surface area (Å²) in [7, 11) is 0. The molecule has 3 N–H and O–H groups in total. The van der Waals surface area contributed by atoms with Crippen LogP contribution in [0.25, 0.3) is 0 Å². The molecule has 1 aromatic heterocycles. The van der Waals surface area contributed by atoms with Crippen LogP contribution in [0.1, 0.15) is 48.9 Å². The van der Waals surface area contributed by atoms with Crippen LogP contribution in [0, 0.1) is 0 Å². The van der Waals surface area contributed by atoms with E-state index in [0.717, 1.165) is 30.2 Å². The van der Waals surface area contributed by atoms with Crippen molar-refractivity contribution in [3.05, 3.63) is 59.5 Å². The fourth-order valence-corrected chi connectivity index (χ4v) is 2.32. The molecule has 1 atom stereocenters. The molecule has 0 spiro atoms. The zero-order chi connectivity index (χ0) is 18.8. The summed E-state index contributed by atoms with van der Waals surface area (Å²) in [5.74, 6) is 1.39. The summed E-state index contributed by atoms with van der Waals surface area (Å²) in [6.07, 6.45) is 2.62. The Labute approximate surface area is 155 Å². The molecule has 140 valence electrons. The second-order valence-corrected chi connectivity index (χ2v) is 6.11. The summed E-state index contributed by atoms with van der Waals surface area (Å²) >= 11 is 0. The lowest BCUT2D eigenvalue weighted by atomic mass is 10.1. The molecule has 0 bridgehead atoms. The first-order valence-corrected chi connectivity index (χ1v) is 9.06. The number of rotatable bonds is 8. The van der Waals surface area contributed by atoms with E-state index in [4.69, 9.17) is 4.42 Å². The van der Waals surface area contributed by atoms with E-state index in [1.807, 2.05) is 31.2 Å². The maximum Gasteiger partial charge on any atom is 0.251 e. The predicted molar refractivity (Wildman–Crippen MR) is 104 cm³/mol. The first kappa shape index (κ1) is 19.6. The Morgan fingerprint density at radius 1 is 1.19 bits per heavy atom. The van der Waals surface area contributed by atoms with Crippen LogP contribution in [0.2, 0.25) is 0 Å². The number of nitrogens with zero attached hydrogens (tertiary/aromatic N) is 1. The number of hydrogen-bond donors (Lipinski definition) is 3. The normalized spacial score (nSPS) is 12.5. The Kier molecular flexibility index (Phi) is 7.74. The van der Waals surface area contributed by atoms with Gasteiger partial charge in [0.1, 0.15) is 5.76 Å². The zero-order valence-corrected chi connectivity index (χ0v) is 15.7. The van der Waals surface area contributed by atoms with Crippen molar-refractivity contribution >= 4 is 11.9 Å². The van der Waals surface area contributed by atoms with Crippen LogP contribution >= 0.6 is 0 Å². The highest BCUT2D eigenvalue weighted by atomic mass is 16.3. The molecule has 0 radical (unpaired) electrons. The average molecular weight is 356 g/mol. The Morgan fingerprint density at radius 2 is 2.04 bits per heavy atom. The standard InChI is InChI=1S/C20H28N4O2/c1-4-15(3)24-20(21-5-2)23-13-16-8-6-9-17(12-16)19(25)22-14-18-10-7-11-26-18/h6-12,15H,4-5,13-14H2,1-3H3,(H,22,25)(H2,21,23,24). The van der Waals surface area contributed by atoms with Crippen molar-refractivity contribution in [3.63, 3.8) is 0 Å². The maximum atomic E-state index is 12.3. The number of guanidine groups is 1. The van der Waals surface area contributed by atoms with Gasteiger partial charge in [0.2, 0.25) is 0 Å². The molecule has 1 unspecified atom stereocenters. The van der Waals surface area contributed by atoms with E-state index in [9.17, 15) is 4.79 Å². The lowest BCUT2D eigenvalue weighted by Gasteiger charge is -2.16. The number of aliphatic imine (C=N–C) groups is 1. The highest BCUT2D eigenvalue weighted by Gasteiger charge is 2.07. The lowest BCUT2D eigenvalue weighted by molar-refractivity contribution is 0.0948. The van der Waals surface area contributed by atoms with E-state index in [1.54, 1.807) is 18.4 Å².